The third-order valence-electron chi connectivity index (χ3n) is 5.99. The van der Waals surface area contributed by atoms with Crippen LogP contribution in [0.4, 0.5) is 0 Å². The van der Waals surface area contributed by atoms with Crippen LogP contribution in [0.2, 0.25) is 0 Å². The average Bonchev–Trinajstić information content (AvgIpc) is 3.33. The molecule has 2 aliphatic rings. The van der Waals surface area contributed by atoms with E-state index in [9.17, 15) is 24.3 Å². The maximum absolute atomic E-state index is 12.4. The van der Waals surface area contributed by atoms with Gasteiger partial charge in [-0.2, -0.15) is 11.8 Å². The molecular formula is C22H38N4O7S. The Morgan fingerprint density at radius 3 is 2.56 bits per heavy atom. The molecule has 2 rings (SSSR count). The second kappa shape index (κ2) is 14.5. The number of aliphatic hydroxyl groups excluding tert-OH is 1. The van der Waals surface area contributed by atoms with Crippen molar-refractivity contribution in [3.8, 4) is 0 Å². The maximum atomic E-state index is 12.4. The van der Waals surface area contributed by atoms with Crippen LogP contribution in [0.1, 0.15) is 58.3 Å². The third-order valence-corrected chi connectivity index (χ3v) is 7.50. The standard InChI is InChI=1S/C22H38N4O7S/c1-14(27)33-20(21(30)32-3)24-17(28)10-5-4-8-12-26(2)18(29)11-7-6-9-16-19-15(13-34-16)23-22(31)25-19/h15-16,19-20,22-23,25,31H,4-13H2,1-3H3,(H,24,28). The number of methoxy groups -OCH3 is 1. The molecule has 0 aromatic heterocycles. The molecule has 2 heterocycles. The number of rotatable bonds is 14. The normalized spacial score (nSPS) is 24.2. The van der Waals surface area contributed by atoms with Gasteiger partial charge in [0.05, 0.1) is 7.11 Å². The van der Waals surface area contributed by atoms with Gasteiger partial charge in [0.15, 0.2) is 6.35 Å². The van der Waals surface area contributed by atoms with Crippen LogP contribution in [0, 0.1) is 0 Å². The molecule has 0 bridgehead atoms. The summed E-state index contributed by atoms with van der Waals surface area (Å²) in [6, 6.07) is 0.625. The van der Waals surface area contributed by atoms with Gasteiger partial charge in [0, 0.05) is 56.4 Å². The lowest BCUT2D eigenvalue weighted by Crippen LogP contribution is -2.44. The molecule has 2 amide bonds. The number of thioether (sulfide) groups is 1. The lowest BCUT2D eigenvalue weighted by Gasteiger charge is -2.19. The summed E-state index contributed by atoms with van der Waals surface area (Å²) >= 11 is 1.92. The van der Waals surface area contributed by atoms with Gasteiger partial charge in [-0.25, -0.2) is 4.79 Å². The molecule has 5 unspecified atom stereocenters. The summed E-state index contributed by atoms with van der Waals surface area (Å²) in [5.41, 5.74) is 0. The first kappa shape index (κ1) is 28.3. The van der Waals surface area contributed by atoms with Gasteiger partial charge >= 0.3 is 11.9 Å². The van der Waals surface area contributed by atoms with Gasteiger partial charge in [-0.3, -0.25) is 25.0 Å². The molecule has 0 aromatic carbocycles. The predicted octanol–water partition coefficient (Wildman–Crippen LogP) is 0.0653. The van der Waals surface area contributed by atoms with Gasteiger partial charge < -0.3 is 24.8 Å². The lowest BCUT2D eigenvalue weighted by atomic mass is 10.0. The van der Waals surface area contributed by atoms with Crippen molar-refractivity contribution in [3.05, 3.63) is 0 Å². The Morgan fingerprint density at radius 2 is 1.85 bits per heavy atom. The molecule has 4 N–H and O–H groups in total. The summed E-state index contributed by atoms with van der Waals surface area (Å²) in [6.07, 6.45) is 3.59. The highest BCUT2D eigenvalue weighted by Crippen LogP contribution is 2.33. The molecule has 0 saturated carbocycles. The molecular weight excluding hydrogens is 464 g/mol. The number of hydrogen-bond donors (Lipinski definition) is 4. The van der Waals surface area contributed by atoms with E-state index in [0.29, 0.717) is 36.7 Å². The number of aliphatic hydroxyl groups is 1. The fourth-order valence-corrected chi connectivity index (χ4v) is 5.71. The number of hydrogen-bond acceptors (Lipinski definition) is 10. The molecule has 5 atom stereocenters. The van der Waals surface area contributed by atoms with Gasteiger partial charge in [0.2, 0.25) is 11.8 Å². The van der Waals surface area contributed by atoms with Crippen LogP contribution in [0.25, 0.3) is 0 Å². The number of carbonyl (C=O) groups excluding carboxylic acids is 4. The smallest absolute Gasteiger partial charge is 0.368 e. The van der Waals surface area contributed by atoms with Crippen molar-refractivity contribution >= 4 is 35.5 Å². The first-order valence-corrected chi connectivity index (χ1v) is 12.9. The lowest BCUT2D eigenvalue weighted by molar-refractivity contribution is -0.168. The Labute approximate surface area is 205 Å². The van der Waals surface area contributed by atoms with Crippen molar-refractivity contribution in [2.24, 2.45) is 0 Å². The second-order valence-electron chi connectivity index (χ2n) is 8.69. The fraction of sp³-hybridized carbons (Fsp3) is 0.818. The van der Waals surface area contributed by atoms with Crippen LogP contribution in [-0.4, -0.2) is 90.1 Å². The number of fused-ring (bicyclic) bond motifs is 1. The summed E-state index contributed by atoms with van der Waals surface area (Å²) in [4.78, 5) is 48.7. The second-order valence-corrected chi connectivity index (χ2v) is 9.96. The van der Waals surface area contributed by atoms with Crippen LogP contribution in [-0.2, 0) is 28.7 Å². The molecule has 2 aliphatic heterocycles. The van der Waals surface area contributed by atoms with E-state index in [1.54, 1.807) is 11.9 Å². The summed E-state index contributed by atoms with van der Waals surface area (Å²) in [5.74, 6) is -0.835. The number of carbonyl (C=O) groups is 4. The summed E-state index contributed by atoms with van der Waals surface area (Å²) in [6.45, 7) is 1.76. The van der Waals surface area contributed by atoms with E-state index < -0.39 is 30.4 Å². The number of unbranched alkanes of at least 4 members (excludes halogenated alkanes) is 3. The molecule has 2 fully saturated rings. The van der Waals surface area contributed by atoms with Crippen LogP contribution in [0.5, 0.6) is 0 Å². The Balaban J connectivity index is 1.52. The topological polar surface area (TPSA) is 146 Å². The Morgan fingerprint density at radius 1 is 1.12 bits per heavy atom. The molecule has 0 aromatic rings. The SMILES string of the molecule is COC(=O)C(NC(=O)CCCCCN(C)C(=O)CCCCC1SCC2NC(O)NC21)OC(C)=O. The summed E-state index contributed by atoms with van der Waals surface area (Å²) in [7, 11) is 2.94. The molecule has 2 saturated heterocycles. The first-order valence-electron chi connectivity index (χ1n) is 11.8. The average molecular weight is 503 g/mol. The zero-order chi connectivity index (χ0) is 25.1. The van der Waals surface area contributed by atoms with Crippen LogP contribution < -0.4 is 16.0 Å². The Hall–Kier alpha value is -1.89. The molecule has 0 aliphatic carbocycles. The van der Waals surface area contributed by atoms with Crippen molar-refractivity contribution in [3.63, 3.8) is 0 Å². The van der Waals surface area contributed by atoms with E-state index >= 15 is 0 Å². The van der Waals surface area contributed by atoms with Gasteiger partial charge in [0.1, 0.15) is 0 Å². The Bertz CT molecular complexity index is 711. The highest BCUT2D eigenvalue weighted by atomic mass is 32.2. The zero-order valence-corrected chi connectivity index (χ0v) is 21.0. The van der Waals surface area contributed by atoms with E-state index in [-0.39, 0.29) is 12.3 Å². The third kappa shape index (κ3) is 9.40. The van der Waals surface area contributed by atoms with Gasteiger partial charge in [-0.05, 0) is 25.7 Å². The van der Waals surface area contributed by atoms with E-state index in [1.807, 2.05) is 11.8 Å². The molecule has 0 spiro atoms. The minimum Gasteiger partial charge on any atom is -0.465 e. The van der Waals surface area contributed by atoms with Gasteiger partial charge in [0.25, 0.3) is 6.23 Å². The minimum atomic E-state index is -1.44. The molecule has 34 heavy (non-hydrogen) atoms. The van der Waals surface area contributed by atoms with E-state index in [0.717, 1.165) is 51.9 Å². The highest BCUT2D eigenvalue weighted by molar-refractivity contribution is 8.00. The van der Waals surface area contributed by atoms with Crippen molar-refractivity contribution in [1.82, 2.24) is 20.9 Å². The predicted molar refractivity (Wildman–Crippen MR) is 126 cm³/mol. The monoisotopic (exact) mass is 502 g/mol. The van der Waals surface area contributed by atoms with Crippen LogP contribution in [0.15, 0.2) is 0 Å². The number of nitrogens with zero attached hydrogens (tertiary/aromatic N) is 1. The fourth-order valence-electron chi connectivity index (χ4n) is 4.14. The van der Waals surface area contributed by atoms with E-state index in [1.165, 1.54) is 0 Å². The van der Waals surface area contributed by atoms with Crippen molar-refractivity contribution in [1.29, 1.82) is 0 Å². The first-order chi connectivity index (χ1) is 16.2. The van der Waals surface area contributed by atoms with Crippen LogP contribution >= 0.6 is 11.8 Å². The number of amides is 2. The van der Waals surface area contributed by atoms with Crippen molar-refractivity contribution in [2.45, 2.75) is 88.2 Å². The minimum absolute atomic E-state index is 0.119. The van der Waals surface area contributed by atoms with E-state index in [2.05, 4.69) is 20.7 Å². The summed E-state index contributed by atoms with van der Waals surface area (Å²) in [5, 5.41) is 18.8. The number of nitrogens with one attached hydrogen (secondary N) is 3. The molecule has 0 radical (unpaired) electrons. The molecule has 12 heteroatoms. The maximum Gasteiger partial charge on any atom is 0.368 e. The van der Waals surface area contributed by atoms with Crippen molar-refractivity contribution < 1.29 is 33.8 Å². The number of ether oxygens (including phenoxy) is 2. The van der Waals surface area contributed by atoms with E-state index in [4.69, 9.17) is 4.74 Å². The van der Waals surface area contributed by atoms with Gasteiger partial charge in [-0.15, -0.1) is 0 Å². The molecule has 194 valence electrons. The van der Waals surface area contributed by atoms with Crippen LogP contribution in [0.3, 0.4) is 0 Å². The summed E-state index contributed by atoms with van der Waals surface area (Å²) < 4.78 is 9.25. The molecule has 11 nitrogen and oxygen atoms in total. The number of esters is 2. The largest absolute Gasteiger partial charge is 0.465 e. The zero-order valence-electron chi connectivity index (χ0n) is 20.2. The van der Waals surface area contributed by atoms with Gasteiger partial charge in [-0.1, -0.05) is 12.8 Å². The highest BCUT2D eigenvalue weighted by Gasteiger charge is 2.42. The Kier molecular flexibility index (Phi) is 12.1. The van der Waals surface area contributed by atoms with Crippen molar-refractivity contribution in [2.75, 3.05) is 26.5 Å². The quantitative estimate of drug-likeness (QED) is 0.146.